The molecule has 0 aliphatic carbocycles. The summed E-state index contributed by atoms with van der Waals surface area (Å²) in [5.41, 5.74) is 4.40. The van der Waals surface area contributed by atoms with Crippen molar-refractivity contribution in [3.05, 3.63) is 73.7 Å². The standard InChI is InChI=1S/C24H21Cl3F6N2O4S/c1-40(38,39)7-6-15(22(37)35-11-23(28,29)30)16-8-12(2-4-14(16)21(34)36)3-5-17(24(31,32)33)13-9-18(25)20(27)19(26)10-13/h2-5,8-10,15,17H,6-7,11H2,1H3,(H2,34,36)(H,35,37)/b5-3+/t15-,17?/m1/s1. The zero-order valence-electron chi connectivity index (χ0n) is 20.3. The number of carbonyl (C=O) groups is 2. The van der Waals surface area contributed by atoms with E-state index in [0.29, 0.717) is 0 Å². The van der Waals surface area contributed by atoms with Gasteiger partial charge < -0.3 is 11.1 Å². The molecule has 2 atom stereocenters. The number of primary amides is 1. The number of allylic oxidation sites excluding steroid dienone is 1. The first-order chi connectivity index (χ1) is 18.2. The Balaban J connectivity index is 2.60. The molecule has 16 heteroatoms. The molecule has 0 saturated heterocycles. The zero-order valence-corrected chi connectivity index (χ0v) is 23.4. The number of carbonyl (C=O) groups excluding carboxylic acids is 2. The molecule has 40 heavy (non-hydrogen) atoms. The summed E-state index contributed by atoms with van der Waals surface area (Å²) < 4.78 is 103. The molecule has 2 aromatic rings. The number of nitrogens with one attached hydrogen (secondary N) is 1. The predicted octanol–water partition coefficient (Wildman–Crippen LogP) is 6.30. The maximum Gasteiger partial charge on any atom is 0.405 e. The van der Waals surface area contributed by atoms with Crippen LogP contribution in [-0.2, 0) is 14.6 Å². The number of benzene rings is 2. The second-order valence-corrected chi connectivity index (χ2v) is 12.1. The van der Waals surface area contributed by atoms with E-state index in [1.165, 1.54) is 6.07 Å². The third-order valence-electron chi connectivity index (χ3n) is 5.47. The lowest BCUT2D eigenvalue weighted by Gasteiger charge is -2.21. The van der Waals surface area contributed by atoms with Crippen molar-refractivity contribution in [1.29, 1.82) is 0 Å². The Labute approximate surface area is 240 Å². The quantitative estimate of drug-likeness (QED) is 0.232. The summed E-state index contributed by atoms with van der Waals surface area (Å²) in [4.78, 5) is 24.7. The van der Waals surface area contributed by atoms with Gasteiger partial charge in [-0.3, -0.25) is 9.59 Å². The van der Waals surface area contributed by atoms with E-state index in [2.05, 4.69) is 0 Å². The number of hydrogen-bond acceptors (Lipinski definition) is 4. The normalized spacial score (nSPS) is 14.2. The summed E-state index contributed by atoms with van der Waals surface area (Å²) in [7, 11) is -3.71. The molecular formula is C24H21Cl3F6N2O4S. The van der Waals surface area contributed by atoms with Crippen molar-refractivity contribution < 1.29 is 44.3 Å². The van der Waals surface area contributed by atoms with Crippen LogP contribution in [-0.4, -0.2) is 51.1 Å². The first-order valence-corrected chi connectivity index (χ1v) is 14.2. The van der Waals surface area contributed by atoms with E-state index >= 15 is 0 Å². The summed E-state index contributed by atoms with van der Waals surface area (Å²) in [6, 6.07) is 5.29. The summed E-state index contributed by atoms with van der Waals surface area (Å²) >= 11 is 17.6. The molecule has 0 saturated carbocycles. The van der Waals surface area contributed by atoms with Crippen molar-refractivity contribution in [2.75, 3.05) is 18.6 Å². The molecule has 0 aliphatic rings. The van der Waals surface area contributed by atoms with Gasteiger partial charge in [-0.1, -0.05) is 59.1 Å². The molecule has 2 amide bonds. The number of alkyl halides is 6. The second-order valence-electron chi connectivity index (χ2n) is 8.69. The molecule has 0 spiro atoms. The van der Waals surface area contributed by atoms with Crippen LogP contribution in [0.2, 0.25) is 15.1 Å². The molecular weight excluding hydrogens is 633 g/mol. The molecule has 0 fully saturated rings. The van der Waals surface area contributed by atoms with Gasteiger partial charge in [0.1, 0.15) is 16.4 Å². The van der Waals surface area contributed by atoms with Gasteiger partial charge in [-0.2, -0.15) is 26.3 Å². The molecule has 0 heterocycles. The fourth-order valence-corrected chi connectivity index (χ4v) is 4.92. The van der Waals surface area contributed by atoms with E-state index in [4.69, 9.17) is 40.5 Å². The number of rotatable bonds is 10. The molecule has 6 nitrogen and oxygen atoms in total. The smallest absolute Gasteiger partial charge is 0.366 e. The minimum absolute atomic E-state index is 0.00613. The third-order valence-corrected chi connectivity index (χ3v) is 7.65. The molecule has 1 unspecified atom stereocenters. The molecule has 2 aromatic carbocycles. The monoisotopic (exact) mass is 652 g/mol. The first kappa shape index (κ1) is 33.7. The van der Waals surface area contributed by atoms with Crippen molar-refractivity contribution in [3.8, 4) is 0 Å². The highest BCUT2D eigenvalue weighted by Crippen LogP contribution is 2.41. The van der Waals surface area contributed by atoms with Crippen LogP contribution < -0.4 is 11.1 Å². The van der Waals surface area contributed by atoms with Crippen LogP contribution in [0, 0.1) is 0 Å². The molecule has 2 rings (SSSR count). The SMILES string of the molecule is CS(=O)(=O)CC[C@@H](C(=O)NCC(F)(F)F)c1cc(/C=C/C(c2cc(Cl)c(Cl)c(Cl)c2)C(F)(F)F)ccc1C(N)=O. The van der Waals surface area contributed by atoms with E-state index in [1.54, 1.807) is 5.32 Å². The van der Waals surface area contributed by atoms with Gasteiger partial charge in [0.05, 0.1) is 32.7 Å². The zero-order chi connectivity index (χ0) is 30.6. The largest absolute Gasteiger partial charge is 0.405 e. The number of hydrogen-bond donors (Lipinski definition) is 2. The van der Waals surface area contributed by atoms with Gasteiger partial charge >= 0.3 is 12.4 Å². The van der Waals surface area contributed by atoms with Crippen molar-refractivity contribution >= 4 is 62.5 Å². The van der Waals surface area contributed by atoms with Crippen molar-refractivity contribution in [3.63, 3.8) is 0 Å². The average Bonchev–Trinajstić information content (AvgIpc) is 2.79. The Hall–Kier alpha value is -2.48. The van der Waals surface area contributed by atoms with Crippen LogP contribution in [0.1, 0.15) is 45.3 Å². The Bertz CT molecular complexity index is 1390. The molecule has 3 N–H and O–H groups in total. The van der Waals surface area contributed by atoms with Gasteiger partial charge in [-0.15, -0.1) is 0 Å². The Morgan fingerprint density at radius 2 is 1.60 bits per heavy atom. The van der Waals surface area contributed by atoms with Gasteiger partial charge in [-0.05, 0) is 41.3 Å². The molecule has 0 aliphatic heterocycles. The lowest BCUT2D eigenvalue weighted by Crippen LogP contribution is -2.38. The fraction of sp³-hybridized carbons (Fsp3) is 0.333. The van der Waals surface area contributed by atoms with E-state index in [-0.39, 0.29) is 37.3 Å². The lowest BCUT2D eigenvalue weighted by molar-refractivity contribution is -0.139. The summed E-state index contributed by atoms with van der Waals surface area (Å²) in [6.07, 6.45) is -7.61. The molecule has 0 radical (unpaired) electrons. The van der Waals surface area contributed by atoms with E-state index in [9.17, 15) is 44.3 Å². The lowest BCUT2D eigenvalue weighted by atomic mass is 9.88. The van der Waals surface area contributed by atoms with Gasteiger partial charge in [0.25, 0.3) is 0 Å². The Morgan fingerprint density at radius 3 is 2.08 bits per heavy atom. The van der Waals surface area contributed by atoms with E-state index in [0.717, 1.165) is 42.7 Å². The second kappa shape index (κ2) is 13.0. The number of nitrogens with two attached hydrogens (primary N) is 1. The van der Waals surface area contributed by atoms with Crippen LogP contribution >= 0.6 is 34.8 Å². The predicted molar refractivity (Wildman–Crippen MR) is 140 cm³/mol. The highest BCUT2D eigenvalue weighted by atomic mass is 35.5. The number of amides is 2. The topological polar surface area (TPSA) is 106 Å². The highest BCUT2D eigenvalue weighted by molar-refractivity contribution is 7.90. The minimum Gasteiger partial charge on any atom is -0.366 e. The van der Waals surface area contributed by atoms with Gasteiger partial charge in [-0.25, -0.2) is 8.42 Å². The van der Waals surface area contributed by atoms with Gasteiger partial charge in [0, 0.05) is 11.8 Å². The molecule has 0 bridgehead atoms. The van der Waals surface area contributed by atoms with Crippen LogP contribution in [0.4, 0.5) is 26.3 Å². The first-order valence-electron chi connectivity index (χ1n) is 11.0. The molecule has 0 aromatic heterocycles. The molecule has 220 valence electrons. The van der Waals surface area contributed by atoms with Crippen LogP contribution in [0.5, 0.6) is 0 Å². The Kier molecular flexibility index (Phi) is 11.0. The maximum absolute atomic E-state index is 13.9. The summed E-state index contributed by atoms with van der Waals surface area (Å²) in [5, 5.41) is 1.04. The summed E-state index contributed by atoms with van der Waals surface area (Å²) in [5.74, 6) is -6.86. The number of sulfone groups is 1. The van der Waals surface area contributed by atoms with Crippen LogP contribution in [0.15, 0.2) is 36.4 Å². The van der Waals surface area contributed by atoms with E-state index in [1.807, 2.05) is 0 Å². The van der Waals surface area contributed by atoms with Crippen molar-refractivity contribution in [2.24, 2.45) is 5.73 Å². The van der Waals surface area contributed by atoms with E-state index < -0.39 is 64.6 Å². The van der Waals surface area contributed by atoms with Gasteiger partial charge in [0.2, 0.25) is 11.8 Å². The van der Waals surface area contributed by atoms with Crippen LogP contribution in [0.25, 0.3) is 6.08 Å². The average molecular weight is 654 g/mol. The highest BCUT2D eigenvalue weighted by Gasteiger charge is 2.39. The Morgan fingerprint density at radius 1 is 1.02 bits per heavy atom. The number of halogens is 9. The van der Waals surface area contributed by atoms with Gasteiger partial charge in [0.15, 0.2) is 0 Å². The maximum atomic E-state index is 13.9. The van der Waals surface area contributed by atoms with Crippen LogP contribution in [0.3, 0.4) is 0 Å². The summed E-state index contributed by atoms with van der Waals surface area (Å²) in [6.45, 7) is -1.74. The van der Waals surface area contributed by atoms with Crippen molar-refractivity contribution in [2.45, 2.75) is 30.6 Å². The third kappa shape index (κ3) is 9.86. The minimum atomic E-state index is -4.83. The fourth-order valence-electron chi connectivity index (χ4n) is 3.64. The van der Waals surface area contributed by atoms with Crippen molar-refractivity contribution in [1.82, 2.24) is 5.32 Å².